The first-order valence-electron chi connectivity index (χ1n) is 11.4. The first-order valence-corrected chi connectivity index (χ1v) is 14.5. The minimum absolute atomic E-state index is 1.58. The van der Waals surface area contributed by atoms with Crippen molar-refractivity contribution in [3.05, 3.63) is 0 Å². The molecular weight excluding hydrogens is 838 g/mol. The monoisotopic (exact) mass is 850 g/mol. The van der Waals surface area contributed by atoms with Crippen LogP contribution in [0.25, 0.3) is 0 Å². The molecule has 0 spiro atoms. The highest BCUT2D eigenvalue weighted by Crippen LogP contribution is 2.60. The Hall–Kier alpha value is -1.92. The lowest BCUT2D eigenvalue weighted by Crippen LogP contribution is -2.70. The summed E-state index contributed by atoms with van der Waals surface area (Å²) in [5.74, 6) is -51.0. The van der Waals surface area contributed by atoms with Crippen LogP contribution in [0.15, 0.2) is 0 Å². The Labute approximate surface area is 258 Å². The molecule has 0 aromatic heterocycles. The summed E-state index contributed by atoms with van der Waals surface area (Å²) < 4.78 is 393. The fraction of sp³-hybridized carbons (Fsp3) is 1.00. The highest BCUT2D eigenvalue weighted by molar-refractivity contribution is 8.10. The van der Waals surface area contributed by atoms with Gasteiger partial charge < -0.3 is 0 Å². The molecule has 0 aliphatic rings. The average molecular weight is 850 g/mol. The van der Waals surface area contributed by atoms with Crippen molar-refractivity contribution < 1.29 is 131 Å². The first-order chi connectivity index (χ1) is 21.5. The number of halogens is 26. The van der Waals surface area contributed by atoms with Crippen LogP contribution in [-0.4, -0.2) is 117 Å². The van der Waals surface area contributed by atoms with Gasteiger partial charge in [-0.25, -0.2) is 60.7 Å². The smallest absolute Gasteiger partial charge is 0.241 e. The van der Waals surface area contributed by atoms with E-state index in [9.17, 15) is 131 Å². The third-order valence-corrected chi connectivity index (χ3v) is 11.5. The SMILES string of the molecule is CC(S(=O)(=O)C(F)(F)C(F)(F)C(F)(F)C(F)(F)C(F)C(F)C(F)C(F)F)S(=O)(=O)C(F)(F)C(F)(F)C(F)(F)C(F)(F)C(F)C(F)C(F)C(F)F. The van der Waals surface area contributed by atoms with E-state index in [0.717, 1.165) is 0 Å². The van der Waals surface area contributed by atoms with Crippen LogP contribution in [0.5, 0.6) is 0 Å². The Balaban J connectivity index is 7.24. The van der Waals surface area contributed by atoms with E-state index < -0.39 is 127 Å². The van der Waals surface area contributed by atoms with Gasteiger partial charge in [-0.1, -0.05) is 0 Å². The van der Waals surface area contributed by atoms with Gasteiger partial charge in [0, 0.05) is 0 Å². The van der Waals surface area contributed by atoms with Gasteiger partial charge in [-0.15, -0.1) is 0 Å². The zero-order valence-electron chi connectivity index (χ0n) is 22.5. The molecule has 302 valence electrons. The van der Waals surface area contributed by atoms with Crippen molar-refractivity contribution in [2.75, 3.05) is 0 Å². The Kier molecular flexibility index (Phi) is 13.3. The van der Waals surface area contributed by atoms with E-state index in [1.54, 1.807) is 0 Å². The summed E-state index contributed by atoms with van der Waals surface area (Å²) in [6.07, 6.45) is -42.9. The Bertz CT molecular complexity index is 1290. The molecule has 4 nitrogen and oxygen atoms in total. The number of sulfone groups is 2. The van der Waals surface area contributed by atoms with E-state index in [0.29, 0.717) is 0 Å². The van der Waals surface area contributed by atoms with Crippen molar-refractivity contribution in [3.8, 4) is 0 Å². The summed E-state index contributed by atoms with van der Waals surface area (Å²) in [6, 6.07) is 0. The van der Waals surface area contributed by atoms with Gasteiger partial charge in [-0.3, -0.25) is 0 Å². The normalized spacial score (nSPS) is 20.0. The molecule has 0 saturated heterocycles. The standard InChI is InChI=1S/C18H12F26O4S2/c1-2(49(45,46)17(41,42)15(37,38)13(33,34)11(29,30)7(23)3(19)5(21)9(25)26)50(47,48)18(43,44)16(39,40)14(35,36)12(31,32)8(24)4(20)6(22)10(27)28/h2-10H,1H3. The highest BCUT2D eigenvalue weighted by atomic mass is 32.3. The molecule has 0 aromatic carbocycles. The molecular formula is C18H12F26O4S2. The first kappa shape index (κ1) is 48.1. The lowest BCUT2D eigenvalue weighted by Gasteiger charge is -2.40. The minimum atomic E-state index is -9.06. The van der Waals surface area contributed by atoms with Gasteiger partial charge in [0.2, 0.25) is 32.0 Å². The van der Waals surface area contributed by atoms with Gasteiger partial charge in [0.1, 0.15) is 0 Å². The average Bonchev–Trinajstić information content (AvgIpc) is 2.96. The Morgan fingerprint density at radius 3 is 0.740 bits per heavy atom. The number of rotatable bonds is 18. The van der Waals surface area contributed by atoms with E-state index in [1.807, 2.05) is 0 Å². The van der Waals surface area contributed by atoms with Gasteiger partial charge >= 0.3 is 46.0 Å². The quantitative estimate of drug-likeness (QED) is 0.133. The minimum Gasteiger partial charge on any atom is -0.241 e. The summed E-state index contributed by atoms with van der Waals surface area (Å²) in [7, 11) is -18.1. The van der Waals surface area contributed by atoms with Crippen LogP contribution < -0.4 is 0 Å². The largest absolute Gasteiger partial charge is 0.414 e. The molecule has 6 unspecified atom stereocenters. The van der Waals surface area contributed by atoms with E-state index in [4.69, 9.17) is 0 Å². The molecule has 32 heteroatoms. The fourth-order valence-corrected chi connectivity index (χ4v) is 6.94. The molecule has 0 N–H and O–H groups in total. The second-order valence-corrected chi connectivity index (χ2v) is 14.4. The van der Waals surface area contributed by atoms with Crippen molar-refractivity contribution in [2.45, 2.75) is 107 Å². The van der Waals surface area contributed by atoms with E-state index in [2.05, 4.69) is 0 Å². The van der Waals surface area contributed by atoms with Gasteiger partial charge in [-0.2, -0.15) is 70.2 Å². The summed E-state index contributed by atoms with van der Waals surface area (Å²) >= 11 is 0. The Morgan fingerprint density at radius 2 is 0.560 bits per heavy atom. The molecule has 0 aliphatic carbocycles. The van der Waals surface area contributed by atoms with E-state index in [-0.39, 0.29) is 0 Å². The number of alkyl halides is 26. The Morgan fingerprint density at radius 1 is 0.360 bits per heavy atom. The predicted octanol–water partition coefficient (Wildman–Crippen LogP) is 7.72. The van der Waals surface area contributed by atoms with Crippen molar-refractivity contribution in [2.24, 2.45) is 0 Å². The molecule has 0 radical (unpaired) electrons. The van der Waals surface area contributed by atoms with Crippen LogP contribution in [0.4, 0.5) is 114 Å². The molecule has 0 saturated carbocycles. The van der Waals surface area contributed by atoms with Crippen molar-refractivity contribution in [1.29, 1.82) is 0 Å². The van der Waals surface area contributed by atoms with Crippen LogP contribution in [0.2, 0.25) is 0 Å². The third kappa shape index (κ3) is 6.72. The highest BCUT2D eigenvalue weighted by Gasteiger charge is 2.90. The molecule has 0 rings (SSSR count). The third-order valence-electron chi connectivity index (χ3n) is 6.29. The maximum atomic E-state index is 14.3. The van der Waals surface area contributed by atoms with Crippen molar-refractivity contribution in [1.82, 2.24) is 0 Å². The molecule has 0 heterocycles. The molecule has 0 aromatic rings. The molecule has 0 bridgehead atoms. The lowest BCUT2D eigenvalue weighted by atomic mass is 9.96. The predicted molar refractivity (Wildman–Crippen MR) is 108 cm³/mol. The zero-order chi connectivity index (χ0) is 41.2. The van der Waals surface area contributed by atoms with Crippen molar-refractivity contribution in [3.63, 3.8) is 0 Å². The van der Waals surface area contributed by atoms with E-state index >= 15 is 0 Å². The maximum absolute atomic E-state index is 14.3. The zero-order valence-corrected chi connectivity index (χ0v) is 24.1. The van der Waals surface area contributed by atoms with Crippen LogP contribution in [0.3, 0.4) is 0 Å². The van der Waals surface area contributed by atoms with Crippen LogP contribution in [0, 0.1) is 0 Å². The second kappa shape index (κ2) is 13.8. The topological polar surface area (TPSA) is 68.3 Å². The van der Waals surface area contributed by atoms with Crippen LogP contribution >= 0.6 is 0 Å². The molecule has 0 amide bonds. The van der Waals surface area contributed by atoms with Gasteiger partial charge in [0.25, 0.3) is 12.9 Å². The molecule has 0 aliphatic heterocycles. The van der Waals surface area contributed by atoms with Crippen LogP contribution in [0.1, 0.15) is 6.92 Å². The summed E-state index contributed by atoms with van der Waals surface area (Å²) in [5.41, 5.74) is 0. The molecule has 50 heavy (non-hydrogen) atoms. The fourth-order valence-electron chi connectivity index (χ4n) is 3.07. The van der Waals surface area contributed by atoms with E-state index in [1.165, 1.54) is 0 Å². The molecule has 6 atom stereocenters. The summed E-state index contributed by atoms with van der Waals surface area (Å²) in [4.78, 5) is 0. The van der Waals surface area contributed by atoms with Crippen LogP contribution in [-0.2, 0) is 19.7 Å². The maximum Gasteiger partial charge on any atom is 0.414 e. The summed E-state index contributed by atoms with van der Waals surface area (Å²) in [5, 5.41) is -17.2. The van der Waals surface area contributed by atoms with Gasteiger partial charge in [0.05, 0.1) is 0 Å². The summed E-state index contributed by atoms with van der Waals surface area (Å²) in [6.45, 7) is -1.58. The van der Waals surface area contributed by atoms with Gasteiger partial charge in [0.15, 0.2) is 29.3 Å². The van der Waals surface area contributed by atoms with Crippen molar-refractivity contribution >= 4 is 19.7 Å². The van der Waals surface area contributed by atoms with Gasteiger partial charge in [-0.05, 0) is 6.92 Å². The number of hydrogen-bond acceptors (Lipinski definition) is 4. The number of hydrogen-bond donors (Lipinski definition) is 0. The lowest BCUT2D eigenvalue weighted by molar-refractivity contribution is -0.363. The molecule has 0 fully saturated rings. The second-order valence-electron chi connectivity index (χ2n) is 9.48.